The highest BCUT2D eigenvalue weighted by atomic mass is 35.5. The number of nitriles is 1. The number of anilines is 2. The molecule has 0 radical (unpaired) electrons. The minimum Gasteiger partial charge on any atom is -0.480 e. The topological polar surface area (TPSA) is 109 Å². The molecule has 1 amide bonds. The molecule has 1 unspecified atom stereocenters. The summed E-state index contributed by atoms with van der Waals surface area (Å²) in [6.07, 6.45) is 3.09. The lowest BCUT2D eigenvalue weighted by atomic mass is 10.0. The average molecular weight is 576 g/mol. The van der Waals surface area contributed by atoms with E-state index in [1.807, 2.05) is 38.6 Å². The summed E-state index contributed by atoms with van der Waals surface area (Å²) in [6, 6.07) is 8.05. The summed E-state index contributed by atoms with van der Waals surface area (Å²) in [5, 5.41) is 9.56. The van der Waals surface area contributed by atoms with Crippen LogP contribution in [0.1, 0.15) is 53.1 Å². The molecule has 10 nitrogen and oxygen atoms in total. The van der Waals surface area contributed by atoms with Crippen LogP contribution in [0.3, 0.4) is 0 Å². The number of benzene rings is 1. The predicted octanol–water partition coefficient (Wildman–Crippen LogP) is 4.71. The summed E-state index contributed by atoms with van der Waals surface area (Å²) in [5.41, 5.74) is 1.90. The van der Waals surface area contributed by atoms with E-state index >= 15 is 0 Å². The number of rotatable bonds is 6. The van der Waals surface area contributed by atoms with Gasteiger partial charge in [-0.3, -0.25) is 14.5 Å². The van der Waals surface area contributed by atoms with Crippen molar-refractivity contribution in [2.75, 3.05) is 31.0 Å². The highest BCUT2D eigenvalue weighted by Crippen LogP contribution is 2.46. The van der Waals surface area contributed by atoms with Gasteiger partial charge in [-0.05, 0) is 43.7 Å². The van der Waals surface area contributed by atoms with Gasteiger partial charge in [0.05, 0.1) is 40.2 Å². The second-order valence-electron chi connectivity index (χ2n) is 10.2. The molecule has 210 valence electrons. The number of carbonyl (C=O) groups is 1. The van der Waals surface area contributed by atoms with Crippen molar-refractivity contribution in [1.82, 2.24) is 19.1 Å². The molecule has 3 aromatic heterocycles. The van der Waals surface area contributed by atoms with Crippen LogP contribution < -0.4 is 20.1 Å². The molecule has 4 heterocycles. The van der Waals surface area contributed by atoms with E-state index in [1.54, 1.807) is 23.2 Å². The van der Waals surface area contributed by atoms with Crippen molar-refractivity contribution in [2.45, 2.75) is 25.9 Å². The minimum absolute atomic E-state index is 0.0454. The Morgan fingerprint density at radius 3 is 2.51 bits per heavy atom. The molecular weight excluding hydrogens is 549 g/mol. The van der Waals surface area contributed by atoms with Gasteiger partial charge in [-0.15, -0.1) is 0 Å². The number of amides is 1. The van der Waals surface area contributed by atoms with E-state index in [0.29, 0.717) is 39.9 Å². The summed E-state index contributed by atoms with van der Waals surface area (Å²) < 4.78 is 23.8. The molecule has 41 heavy (non-hydrogen) atoms. The van der Waals surface area contributed by atoms with E-state index in [4.69, 9.17) is 16.3 Å². The molecule has 0 bridgehead atoms. The molecule has 5 rings (SSSR count). The third-order valence-electron chi connectivity index (χ3n) is 6.99. The molecule has 0 N–H and O–H groups in total. The number of aryl methyl sites for hydroxylation is 1. The second kappa shape index (κ2) is 10.4. The zero-order valence-corrected chi connectivity index (χ0v) is 24.1. The number of hydrogen-bond donors (Lipinski definition) is 0. The van der Waals surface area contributed by atoms with Gasteiger partial charge in [0, 0.05) is 39.6 Å². The smallest absolute Gasteiger partial charge is 0.274 e. The summed E-state index contributed by atoms with van der Waals surface area (Å²) in [7, 11) is 6.67. The van der Waals surface area contributed by atoms with Crippen molar-refractivity contribution in [3.05, 3.63) is 86.3 Å². The van der Waals surface area contributed by atoms with E-state index in [0.717, 1.165) is 0 Å². The van der Waals surface area contributed by atoms with E-state index in [-0.39, 0.29) is 22.3 Å². The van der Waals surface area contributed by atoms with Gasteiger partial charge < -0.3 is 18.8 Å². The van der Waals surface area contributed by atoms with E-state index in [2.05, 4.69) is 9.97 Å². The Morgan fingerprint density at radius 1 is 1.17 bits per heavy atom. The number of hydrogen-bond acceptors (Lipinski definition) is 7. The highest BCUT2D eigenvalue weighted by Gasteiger charge is 2.44. The van der Waals surface area contributed by atoms with Crippen molar-refractivity contribution in [1.29, 1.82) is 5.26 Å². The van der Waals surface area contributed by atoms with Gasteiger partial charge in [0.1, 0.15) is 23.6 Å². The van der Waals surface area contributed by atoms with Crippen LogP contribution >= 0.6 is 11.6 Å². The molecule has 12 heteroatoms. The molecule has 0 spiro atoms. The molecule has 0 fully saturated rings. The Labute approximate surface area is 240 Å². The first kappa shape index (κ1) is 27.9. The quantitative estimate of drug-likeness (QED) is 0.327. The first-order valence-corrected chi connectivity index (χ1v) is 13.1. The van der Waals surface area contributed by atoms with Crippen molar-refractivity contribution in [3.63, 3.8) is 0 Å². The molecule has 0 saturated carbocycles. The maximum absolute atomic E-state index is 15.0. The fourth-order valence-electron chi connectivity index (χ4n) is 5.20. The van der Waals surface area contributed by atoms with Crippen LogP contribution in [-0.4, -0.2) is 46.2 Å². The van der Waals surface area contributed by atoms with Gasteiger partial charge in [-0.2, -0.15) is 10.2 Å². The minimum atomic E-state index is -0.907. The molecule has 1 aliphatic rings. The Hall–Kier alpha value is -4.69. The Bertz CT molecular complexity index is 1810. The fourth-order valence-corrected chi connectivity index (χ4v) is 5.45. The maximum Gasteiger partial charge on any atom is 0.274 e. The van der Waals surface area contributed by atoms with Crippen molar-refractivity contribution < 1.29 is 13.9 Å². The summed E-state index contributed by atoms with van der Waals surface area (Å²) in [5.74, 6) is -0.428. The maximum atomic E-state index is 15.0. The molecule has 0 aliphatic carbocycles. The summed E-state index contributed by atoms with van der Waals surface area (Å²) in [4.78, 5) is 39.5. The van der Waals surface area contributed by atoms with Crippen LogP contribution in [0.15, 0.2) is 47.5 Å². The molecular formula is C29H27ClFN7O3. The zero-order valence-electron chi connectivity index (χ0n) is 23.3. The summed E-state index contributed by atoms with van der Waals surface area (Å²) >= 11 is 6.32. The number of ether oxygens (including phenoxy) is 1. The number of pyridine rings is 1. The number of methoxy groups -OCH3 is 1. The number of halogens is 2. The van der Waals surface area contributed by atoms with E-state index < -0.39 is 23.3 Å². The number of fused-ring (bicyclic) bond motifs is 1. The standard InChI is InChI=1S/C29H27ClFN7O3/c1-15(2)37-22(20-13-33-29(35(3)4)34-26(20)41-6)11-19-25(37)24(16-7-8-17(12-32)21(31)9-16)38(27(19)39)23-10-18(30)14-36(5)28(23)40/h7-11,13-15,24H,1-6H3. The normalized spacial score (nSPS) is 14.4. The SMILES string of the molecule is COc1nc(N(C)C)ncc1-c1cc2c(n1C(C)C)C(c1ccc(C#N)c(F)c1)N(c1cc(Cl)cn(C)c1=O)C2=O. The van der Waals surface area contributed by atoms with Gasteiger partial charge in [-0.25, -0.2) is 9.37 Å². The lowest BCUT2D eigenvalue weighted by Crippen LogP contribution is -2.35. The van der Waals surface area contributed by atoms with Crippen LogP contribution in [-0.2, 0) is 7.05 Å². The monoisotopic (exact) mass is 575 g/mol. The molecule has 0 saturated heterocycles. The Balaban J connectivity index is 1.82. The third-order valence-corrected chi connectivity index (χ3v) is 7.20. The van der Waals surface area contributed by atoms with Crippen LogP contribution in [0.25, 0.3) is 11.3 Å². The lowest BCUT2D eigenvalue weighted by Gasteiger charge is -2.29. The van der Waals surface area contributed by atoms with Crippen molar-refractivity contribution in [3.8, 4) is 23.2 Å². The van der Waals surface area contributed by atoms with Gasteiger partial charge in [-0.1, -0.05) is 17.7 Å². The second-order valence-corrected chi connectivity index (χ2v) is 10.6. The van der Waals surface area contributed by atoms with Crippen LogP contribution in [0.4, 0.5) is 16.0 Å². The van der Waals surface area contributed by atoms with Crippen LogP contribution in [0.5, 0.6) is 5.88 Å². The van der Waals surface area contributed by atoms with Gasteiger partial charge in [0.25, 0.3) is 11.5 Å². The summed E-state index contributed by atoms with van der Waals surface area (Å²) in [6.45, 7) is 3.90. The number of aromatic nitrogens is 4. The average Bonchev–Trinajstić information content (AvgIpc) is 3.45. The van der Waals surface area contributed by atoms with Gasteiger partial charge >= 0.3 is 0 Å². The lowest BCUT2D eigenvalue weighted by molar-refractivity contribution is 0.0993. The van der Waals surface area contributed by atoms with Gasteiger partial charge in [0.2, 0.25) is 11.8 Å². The van der Waals surface area contributed by atoms with Crippen LogP contribution in [0.2, 0.25) is 5.02 Å². The Kier molecular flexibility index (Phi) is 7.05. The zero-order chi connectivity index (χ0) is 29.7. The fraction of sp³-hybridized carbons (Fsp3) is 0.276. The first-order chi connectivity index (χ1) is 19.5. The molecule has 1 aromatic carbocycles. The van der Waals surface area contributed by atoms with E-state index in [1.165, 1.54) is 48.0 Å². The van der Waals surface area contributed by atoms with E-state index in [9.17, 15) is 19.2 Å². The first-order valence-electron chi connectivity index (χ1n) is 12.7. The molecule has 4 aromatic rings. The molecule has 1 aliphatic heterocycles. The van der Waals surface area contributed by atoms with Crippen molar-refractivity contribution >= 4 is 29.1 Å². The highest BCUT2D eigenvalue weighted by molar-refractivity contribution is 6.30. The number of nitrogens with zero attached hydrogens (tertiary/aromatic N) is 7. The van der Waals surface area contributed by atoms with Gasteiger partial charge in [0.15, 0.2) is 0 Å². The molecule has 1 atom stereocenters. The number of carbonyl (C=O) groups excluding carboxylic acids is 1. The Morgan fingerprint density at radius 2 is 1.90 bits per heavy atom. The predicted molar refractivity (Wildman–Crippen MR) is 153 cm³/mol. The third kappa shape index (κ3) is 4.50. The van der Waals surface area contributed by atoms with Crippen LogP contribution in [0, 0.1) is 17.1 Å². The van der Waals surface area contributed by atoms with Crippen molar-refractivity contribution in [2.24, 2.45) is 7.05 Å². The largest absolute Gasteiger partial charge is 0.480 e.